The van der Waals surface area contributed by atoms with Gasteiger partial charge in [-0.2, -0.15) is 0 Å². The molecule has 17 heavy (non-hydrogen) atoms. The molecule has 0 aliphatic carbocycles. The minimum Gasteiger partial charge on any atom is -0.481 e. The van der Waals surface area contributed by atoms with Crippen molar-refractivity contribution >= 4 is 5.97 Å². The molecule has 4 nitrogen and oxygen atoms in total. The zero-order valence-corrected chi connectivity index (χ0v) is 10.2. The molecule has 0 aliphatic heterocycles. The minimum absolute atomic E-state index is 0.108. The van der Waals surface area contributed by atoms with E-state index in [1.807, 2.05) is 24.3 Å². The van der Waals surface area contributed by atoms with Crippen molar-refractivity contribution in [3.8, 4) is 0 Å². The highest BCUT2D eigenvalue weighted by atomic mass is 16.4. The van der Waals surface area contributed by atoms with E-state index in [2.05, 4.69) is 0 Å². The third-order valence-corrected chi connectivity index (χ3v) is 2.47. The van der Waals surface area contributed by atoms with Gasteiger partial charge in [0.15, 0.2) is 0 Å². The van der Waals surface area contributed by atoms with Crippen LogP contribution in [0, 0.1) is 0 Å². The van der Waals surface area contributed by atoms with Gasteiger partial charge in [0.1, 0.15) is 0 Å². The van der Waals surface area contributed by atoms with Gasteiger partial charge >= 0.3 is 5.97 Å². The van der Waals surface area contributed by atoms with E-state index in [1.165, 1.54) is 0 Å². The van der Waals surface area contributed by atoms with Crippen molar-refractivity contribution < 1.29 is 15.0 Å². The lowest BCUT2D eigenvalue weighted by molar-refractivity contribution is -0.137. The number of aliphatic carboxylic acids is 1. The molecule has 0 fully saturated rings. The molecule has 0 saturated heterocycles. The van der Waals surface area contributed by atoms with Gasteiger partial charge in [0.2, 0.25) is 0 Å². The van der Waals surface area contributed by atoms with Crippen molar-refractivity contribution in [2.75, 3.05) is 0 Å². The first-order valence-corrected chi connectivity index (χ1v) is 5.57. The van der Waals surface area contributed by atoms with Gasteiger partial charge in [0.25, 0.3) is 0 Å². The summed E-state index contributed by atoms with van der Waals surface area (Å²) in [7, 11) is 0. The predicted molar refractivity (Wildman–Crippen MR) is 65.6 cm³/mol. The number of hydrogen-bond acceptors (Lipinski definition) is 3. The molecule has 94 valence electrons. The van der Waals surface area contributed by atoms with E-state index in [4.69, 9.17) is 10.8 Å². The number of carboxylic acid groups (broad SMARTS) is 1. The lowest BCUT2D eigenvalue weighted by Gasteiger charge is -2.21. The van der Waals surface area contributed by atoms with Crippen LogP contribution in [0.4, 0.5) is 0 Å². The van der Waals surface area contributed by atoms with Crippen LogP contribution < -0.4 is 5.73 Å². The third-order valence-electron chi connectivity index (χ3n) is 2.47. The van der Waals surface area contributed by atoms with Crippen molar-refractivity contribution in [2.45, 2.75) is 38.3 Å². The molecule has 0 spiro atoms. The number of benzene rings is 1. The second-order valence-corrected chi connectivity index (χ2v) is 4.89. The fourth-order valence-electron chi connectivity index (χ4n) is 1.82. The lowest BCUT2D eigenvalue weighted by atomic mass is 9.91. The van der Waals surface area contributed by atoms with E-state index in [0.717, 1.165) is 11.1 Å². The SMILES string of the molecule is CC(C)(O)Cc1ccccc1C(N)CC(=O)O. The van der Waals surface area contributed by atoms with Crippen LogP contribution in [0.15, 0.2) is 24.3 Å². The van der Waals surface area contributed by atoms with Crippen LogP contribution in [0.2, 0.25) is 0 Å². The summed E-state index contributed by atoms with van der Waals surface area (Å²) in [5.74, 6) is -0.921. The van der Waals surface area contributed by atoms with E-state index < -0.39 is 17.6 Å². The molecule has 0 aliphatic rings. The second kappa shape index (κ2) is 5.29. The van der Waals surface area contributed by atoms with Gasteiger partial charge in [-0.1, -0.05) is 24.3 Å². The zero-order chi connectivity index (χ0) is 13.1. The fraction of sp³-hybridized carbons (Fsp3) is 0.462. The average Bonchev–Trinajstić information content (AvgIpc) is 2.14. The Morgan fingerprint density at radius 3 is 2.53 bits per heavy atom. The van der Waals surface area contributed by atoms with Crippen LogP contribution in [0.5, 0.6) is 0 Å². The van der Waals surface area contributed by atoms with Crippen LogP contribution in [-0.4, -0.2) is 21.8 Å². The molecule has 1 aromatic rings. The molecule has 0 heterocycles. The highest BCUT2D eigenvalue weighted by Crippen LogP contribution is 2.22. The van der Waals surface area contributed by atoms with Crippen molar-refractivity contribution in [1.29, 1.82) is 0 Å². The van der Waals surface area contributed by atoms with E-state index in [9.17, 15) is 9.90 Å². The molecule has 1 aromatic carbocycles. The number of hydrogen-bond donors (Lipinski definition) is 3. The fourth-order valence-corrected chi connectivity index (χ4v) is 1.82. The Morgan fingerprint density at radius 2 is 2.00 bits per heavy atom. The summed E-state index contributed by atoms with van der Waals surface area (Å²) in [6.45, 7) is 3.43. The van der Waals surface area contributed by atoms with Crippen LogP contribution in [-0.2, 0) is 11.2 Å². The number of aliphatic hydroxyl groups is 1. The quantitative estimate of drug-likeness (QED) is 0.724. The smallest absolute Gasteiger partial charge is 0.305 e. The first-order chi connectivity index (χ1) is 7.79. The second-order valence-electron chi connectivity index (χ2n) is 4.89. The number of carboxylic acids is 1. The van der Waals surface area contributed by atoms with Crippen molar-refractivity contribution in [3.63, 3.8) is 0 Å². The van der Waals surface area contributed by atoms with E-state index in [-0.39, 0.29) is 6.42 Å². The maximum atomic E-state index is 10.7. The van der Waals surface area contributed by atoms with Crippen LogP contribution >= 0.6 is 0 Å². The summed E-state index contributed by atoms with van der Waals surface area (Å²) in [6, 6.07) is 6.83. The summed E-state index contributed by atoms with van der Waals surface area (Å²) in [5, 5.41) is 18.5. The third kappa shape index (κ3) is 4.54. The summed E-state index contributed by atoms with van der Waals surface area (Å²) in [6.07, 6.45) is 0.347. The average molecular weight is 237 g/mol. The van der Waals surface area contributed by atoms with Gasteiger partial charge in [-0.15, -0.1) is 0 Å². The van der Waals surface area contributed by atoms with E-state index in [1.54, 1.807) is 13.8 Å². The number of carbonyl (C=O) groups is 1. The molecular formula is C13H19NO3. The number of nitrogens with two attached hydrogens (primary N) is 1. The Morgan fingerprint density at radius 1 is 1.41 bits per heavy atom. The molecular weight excluding hydrogens is 218 g/mol. The minimum atomic E-state index is -0.921. The molecule has 4 N–H and O–H groups in total. The summed E-state index contributed by atoms with van der Waals surface area (Å²) in [4.78, 5) is 10.7. The van der Waals surface area contributed by atoms with Gasteiger partial charge in [-0.25, -0.2) is 0 Å². The molecule has 0 bridgehead atoms. The highest BCUT2D eigenvalue weighted by molar-refractivity contribution is 5.68. The first-order valence-electron chi connectivity index (χ1n) is 5.57. The van der Waals surface area contributed by atoms with Crippen molar-refractivity contribution in [3.05, 3.63) is 35.4 Å². The van der Waals surface area contributed by atoms with Gasteiger partial charge in [-0.3, -0.25) is 4.79 Å². The summed E-state index contributed by atoms with van der Waals surface area (Å²) < 4.78 is 0. The van der Waals surface area contributed by atoms with Crippen LogP contribution in [0.3, 0.4) is 0 Å². The lowest BCUT2D eigenvalue weighted by Crippen LogP contribution is -2.24. The summed E-state index contributed by atoms with van der Waals surface area (Å²) in [5.41, 5.74) is 6.70. The van der Waals surface area contributed by atoms with Gasteiger partial charge < -0.3 is 15.9 Å². The van der Waals surface area contributed by atoms with Crippen molar-refractivity contribution in [1.82, 2.24) is 0 Å². The largest absolute Gasteiger partial charge is 0.481 e. The molecule has 0 amide bonds. The Balaban J connectivity index is 2.95. The van der Waals surface area contributed by atoms with E-state index in [0.29, 0.717) is 6.42 Å². The molecule has 1 unspecified atom stereocenters. The van der Waals surface area contributed by atoms with Crippen LogP contribution in [0.25, 0.3) is 0 Å². The van der Waals surface area contributed by atoms with Crippen molar-refractivity contribution in [2.24, 2.45) is 5.73 Å². The maximum Gasteiger partial charge on any atom is 0.305 e. The first kappa shape index (κ1) is 13.7. The summed E-state index contributed by atoms with van der Waals surface area (Å²) >= 11 is 0. The maximum absolute atomic E-state index is 10.7. The van der Waals surface area contributed by atoms with Gasteiger partial charge in [0.05, 0.1) is 12.0 Å². The molecule has 0 radical (unpaired) electrons. The molecule has 1 atom stereocenters. The Kier molecular flexibility index (Phi) is 4.26. The monoisotopic (exact) mass is 237 g/mol. The predicted octanol–water partition coefficient (Wildman–Crippen LogP) is 1.47. The topological polar surface area (TPSA) is 83.5 Å². The number of rotatable bonds is 5. The Hall–Kier alpha value is -1.39. The van der Waals surface area contributed by atoms with Crippen LogP contribution in [0.1, 0.15) is 37.4 Å². The molecule has 0 saturated carbocycles. The standard InChI is InChI=1S/C13H19NO3/c1-13(2,17)8-9-5-3-4-6-10(9)11(14)7-12(15)16/h3-6,11,17H,7-8,14H2,1-2H3,(H,15,16). The van der Waals surface area contributed by atoms with E-state index >= 15 is 0 Å². The van der Waals surface area contributed by atoms with Gasteiger partial charge in [-0.05, 0) is 25.0 Å². The Labute approximate surface area is 101 Å². The van der Waals surface area contributed by atoms with Gasteiger partial charge in [0, 0.05) is 12.5 Å². The zero-order valence-electron chi connectivity index (χ0n) is 10.2. The molecule has 4 heteroatoms. The highest BCUT2D eigenvalue weighted by Gasteiger charge is 2.19. The molecule has 0 aromatic heterocycles. The normalized spacial score (nSPS) is 13.4. The Bertz CT molecular complexity index is 396. The molecule has 1 rings (SSSR count).